The van der Waals surface area contributed by atoms with Gasteiger partial charge in [0.15, 0.2) is 6.61 Å². The number of para-hydroxylation sites is 1. The molecule has 4 rings (SSSR count). The molecule has 0 spiro atoms. The number of benzene rings is 2. The number of amides is 4. The van der Waals surface area contributed by atoms with Gasteiger partial charge in [0.05, 0.1) is 0 Å². The number of unbranched alkanes of at least 4 members (excludes halogenated alkanes) is 1. The van der Waals surface area contributed by atoms with Gasteiger partial charge in [0.1, 0.15) is 23.6 Å². The van der Waals surface area contributed by atoms with Crippen molar-refractivity contribution in [3.05, 3.63) is 59.7 Å². The summed E-state index contributed by atoms with van der Waals surface area (Å²) in [5.74, 6) is -1.13. The van der Waals surface area contributed by atoms with E-state index in [0.717, 1.165) is 24.2 Å². The van der Waals surface area contributed by atoms with Crippen molar-refractivity contribution in [2.24, 2.45) is 17.6 Å². The monoisotopic (exact) mass is 828 g/mol. The Kier molecular flexibility index (Phi) is 18.3. The molecule has 2 heterocycles. The number of aryl methyl sites for hydroxylation is 1. The smallest absolute Gasteiger partial charge is 0.415 e. The Morgan fingerprint density at radius 1 is 0.895 bits per heavy atom. The molecule has 2 saturated heterocycles. The molecule has 312 valence electrons. The summed E-state index contributed by atoms with van der Waals surface area (Å²) >= 11 is 0. The summed E-state index contributed by atoms with van der Waals surface area (Å²) in [4.78, 5) is 78.8. The third-order valence-corrected chi connectivity index (χ3v) is 12.6. The predicted molar refractivity (Wildman–Crippen MR) is 218 cm³/mol. The third-order valence-electron chi connectivity index (χ3n) is 9.60. The number of piperidine rings is 1. The number of primary amides is 1. The predicted octanol–water partition coefficient (Wildman–Crippen LogP) is 5.47. The number of nitrogens with one attached hydrogen (secondary N) is 2. The summed E-state index contributed by atoms with van der Waals surface area (Å²) in [6.07, 6.45) is 3.37. The first-order chi connectivity index (χ1) is 27.3. The molecule has 0 bridgehead atoms. The molecule has 0 radical (unpaired) electrons. The number of likely N-dealkylation sites (tertiary alicyclic amines) is 1. The number of nitrogens with zero attached hydrogens (tertiary/aromatic N) is 1. The van der Waals surface area contributed by atoms with Crippen molar-refractivity contribution in [1.82, 2.24) is 15.5 Å². The van der Waals surface area contributed by atoms with Crippen LogP contribution in [-0.2, 0) is 39.9 Å². The van der Waals surface area contributed by atoms with Gasteiger partial charge in [0.2, 0.25) is 18.1 Å². The van der Waals surface area contributed by atoms with E-state index in [1.54, 1.807) is 36.4 Å². The fraction of sp³-hybridized carbons (Fsp3) is 0.561. The van der Waals surface area contributed by atoms with Gasteiger partial charge in [-0.3, -0.25) is 19.2 Å². The van der Waals surface area contributed by atoms with E-state index in [2.05, 4.69) is 10.6 Å². The van der Waals surface area contributed by atoms with Crippen LogP contribution in [0.3, 0.4) is 0 Å². The SMILES string of the molecule is Cc1ccccc1OCC(=O)NC(CC(C)C)C(=O)N[C@@H](Cc1ccc(OC(=O)N2CCC(C(N)=O)CC2)cc1)C(=O)OC(C)OC(=O)CCCCC1CCSS1. The van der Waals surface area contributed by atoms with E-state index in [1.807, 2.05) is 54.5 Å². The quantitative estimate of drug-likeness (QED) is 0.0661. The van der Waals surface area contributed by atoms with Crippen molar-refractivity contribution < 1.29 is 47.7 Å². The van der Waals surface area contributed by atoms with Gasteiger partial charge in [-0.2, -0.15) is 0 Å². The van der Waals surface area contributed by atoms with E-state index in [0.29, 0.717) is 48.9 Å². The highest BCUT2D eigenvalue weighted by atomic mass is 33.1. The van der Waals surface area contributed by atoms with Crippen LogP contribution in [0.1, 0.15) is 83.3 Å². The lowest BCUT2D eigenvalue weighted by molar-refractivity contribution is -0.186. The molecule has 2 aromatic rings. The first-order valence-corrected chi connectivity index (χ1v) is 22.0. The average molecular weight is 829 g/mol. The Morgan fingerprint density at radius 2 is 1.61 bits per heavy atom. The second-order valence-electron chi connectivity index (χ2n) is 14.8. The number of rotatable bonds is 20. The number of ether oxygens (including phenoxy) is 4. The van der Waals surface area contributed by atoms with Crippen LogP contribution in [0, 0.1) is 18.8 Å². The zero-order valence-corrected chi connectivity index (χ0v) is 34.8. The topological polar surface area (TPSA) is 193 Å². The summed E-state index contributed by atoms with van der Waals surface area (Å²) in [6.45, 7) is 7.49. The molecule has 2 fully saturated rings. The Labute approximate surface area is 342 Å². The number of carbonyl (C=O) groups excluding carboxylic acids is 6. The normalized spacial score (nSPS) is 17.2. The van der Waals surface area contributed by atoms with Crippen LogP contribution < -0.4 is 25.8 Å². The van der Waals surface area contributed by atoms with Crippen molar-refractivity contribution in [2.75, 3.05) is 25.4 Å². The second-order valence-corrected chi connectivity index (χ2v) is 17.6. The lowest BCUT2D eigenvalue weighted by Crippen LogP contribution is -2.54. The van der Waals surface area contributed by atoms with Gasteiger partial charge >= 0.3 is 18.0 Å². The van der Waals surface area contributed by atoms with Gasteiger partial charge < -0.3 is 40.2 Å². The molecular formula is C41H56N4O10S2. The van der Waals surface area contributed by atoms with Gasteiger partial charge in [-0.1, -0.05) is 72.2 Å². The van der Waals surface area contributed by atoms with E-state index in [4.69, 9.17) is 24.7 Å². The van der Waals surface area contributed by atoms with Crippen LogP contribution in [0.4, 0.5) is 4.79 Å². The standard InChI is InChI=1S/C41H56N4O10S2/c1-26(2)23-33(43-36(46)25-52-35-11-7-5-9-27(35)3)39(49)44-34(40(50)54-28(4)53-37(47)12-8-6-10-32-19-22-56-57-32)24-29-13-15-31(16-14-29)55-41(51)45-20-17-30(18-21-45)38(42)48/h5,7,9,11,13-16,26,28,30,32-34H,6,8,10,12,17-25H2,1-4H3,(H2,42,48)(H,43,46)(H,44,49)/t28?,32?,33?,34-/m0/s1. The molecule has 2 aliphatic heterocycles. The van der Waals surface area contributed by atoms with Crippen molar-refractivity contribution in [2.45, 2.75) is 109 Å². The lowest BCUT2D eigenvalue weighted by atomic mass is 9.97. The molecule has 3 unspecified atom stereocenters. The molecule has 4 N–H and O–H groups in total. The van der Waals surface area contributed by atoms with Crippen LogP contribution >= 0.6 is 21.6 Å². The highest BCUT2D eigenvalue weighted by Gasteiger charge is 2.31. The number of esters is 2. The first kappa shape index (κ1) is 45.3. The molecule has 16 heteroatoms. The summed E-state index contributed by atoms with van der Waals surface area (Å²) < 4.78 is 22.2. The molecule has 0 saturated carbocycles. The maximum absolute atomic E-state index is 13.8. The molecule has 4 atom stereocenters. The van der Waals surface area contributed by atoms with Crippen LogP contribution in [0.5, 0.6) is 11.5 Å². The second kappa shape index (κ2) is 23.1. The van der Waals surface area contributed by atoms with Crippen molar-refractivity contribution in [3.63, 3.8) is 0 Å². The molecular weight excluding hydrogens is 773 g/mol. The fourth-order valence-electron chi connectivity index (χ4n) is 6.43. The molecule has 2 aromatic carbocycles. The summed E-state index contributed by atoms with van der Waals surface area (Å²) in [5.41, 5.74) is 6.86. The number of hydrogen-bond donors (Lipinski definition) is 3. The van der Waals surface area contributed by atoms with Crippen LogP contribution in [0.2, 0.25) is 0 Å². The van der Waals surface area contributed by atoms with E-state index in [-0.39, 0.29) is 49.4 Å². The minimum atomic E-state index is -1.24. The molecule has 0 aliphatic carbocycles. The summed E-state index contributed by atoms with van der Waals surface area (Å²) in [7, 11) is 3.78. The van der Waals surface area contributed by atoms with E-state index in [9.17, 15) is 28.8 Å². The minimum Gasteiger partial charge on any atom is -0.484 e. The summed E-state index contributed by atoms with van der Waals surface area (Å²) in [5, 5.41) is 6.10. The van der Waals surface area contributed by atoms with Gasteiger partial charge in [-0.05, 0) is 80.7 Å². The molecule has 57 heavy (non-hydrogen) atoms. The first-order valence-electron chi connectivity index (χ1n) is 19.6. The largest absolute Gasteiger partial charge is 0.484 e. The van der Waals surface area contributed by atoms with Crippen molar-refractivity contribution >= 4 is 57.3 Å². The maximum atomic E-state index is 13.8. The van der Waals surface area contributed by atoms with Gasteiger partial charge in [-0.25, -0.2) is 9.59 Å². The zero-order valence-electron chi connectivity index (χ0n) is 33.2. The Hall–Kier alpha value is -4.44. The van der Waals surface area contributed by atoms with Gasteiger partial charge in [-0.15, -0.1) is 0 Å². The Balaban J connectivity index is 1.39. The fourth-order valence-corrected chi connectivity index (χ4v) is 9.45. The van der Waals surface area contributed by atoms with Crippen LogP contribution in [0.15, 0.2) is 48.5 Å². The van der Waals surface area contributed by atoms with E-state index >= 15 is 0 Å². The molecule has 0 aromatic heterocycles. The molecule has 14 nitrogen and oxygen atoms in total. The van der Waals surface area contributed by atoms with Gasteiger partial charge in [0, 0.05) is 49.8 Å². The molecule has 2 aliphatic rings. The number of hydrogen-bond acceptors (Lipinski definition) is 12. The number of carbonyl (C=O) groups is 6. The lowest BCUT2D eigenvalue weighted by Gasteiger charge is -2.29. The van der Waals surface area contributed by atoms with Crippen LogP contribution in [0.25, 0.3) is 0 Å². The maximum Gasteiger partial charge on any atom is 0.415 e. The molecule has 4 amide bonds. The van der Waals surface area contributed by atoms with Crippen LogP contribution in [-0.4, -0.2) is 89.7 Å². The zero-order chi connectivity index (χ0) is 41.3. The highest BCUT2D eigenvalue weighted by molar-refractivity contribution is 8.77. The number of nitrogens with two attached hydrogens (primary N) is 1. The Morgan fingerprint density at radius 3 is 2.26 bits per heavy atom. The highest BCUT2D eigenvalue weighted by Crippen LogP contribution is 2.40. The third kappa shape index (κ3) is 15.8. The average Bonchev–Trinajstić information content (AvgIpc) is 3.70. The minimum absolute atomic E-state index is 0.00347. The van der Waals surface area contributed by atoms with Crippen molar-refractivity contribution in [1.29, 1.82) is 0 Å². The summed E-state index contributed by atoms with van der Waals surface area (Å²) in [6, 6.07) is 11.5. The van der Waals surface area contributed by atoms with Gasteiger partial charge in [0.25, 0.3) is 5.91 Å². The van der Waals surface area contributed by atoms with Crippen molar-refractivity contribution in [3.8, 4) is 11.5 Å². The van der Waals surface area contributed by atoms with E-state index < -0.39 is 48.2 Å². The van der Waals surface area contributed by atoms with E-state index in [1.165, 1.54) is 18.2 Å². The Bertz CT molecular complexity index is 1660.